The molecule has 23 heavy (non-hydrogen) atoms. The third kappa shape index (κ3) is 3.26. The van der Waals surface area contributed by atoms with Crippen LogP contribution in [0.3, 0.4) is 0 Å². The highest BCUT2D eigenvalue weighted by molar-refractivity contribution is 7.17. The SMILES string of the molecule is CCC(=O)Nc1sc2c(c1C(=O)Nc1ccccc1Cl)CCC2. The normalized spacial score (nSPS) is 12.8. The number of carbonyl (C=O) groups is 2. The number of nitrogens with one attached hydrogen (secondary N) is 2. The number of halogens is 1. The number of fused-ring (bicyclic) bond motifs is 1. The van der Waals surface area contributed by atoms with Gasteiger partial charge >= 0.3 is 0 Å². The molecule has 0 saturated heterocycles. The molecule has 120 valence electrons. The number of hydrogen-bond acceptors (Lipinski definition) is 3. The Morgan fingerprint density at radius 3 is 2.74 bits per heavy atom. The number of para-hydroxylation sites is 1. The van der Waals surface area contributed by atoms with Crippen LogP contribution in [0.2, 0.25) is 5.02 Å². The predicted octanol–water partition coefficient (Wildman–Crippen LogP) is 4.49. The smallest absolute Gasteiger partial charge is 0.258 e. The molecule has 0 spiro atoms. The first-order valence-corrected chi connectivity index (χ1v) is 8.80. The summed E-state index contributed by atoms with van der Waals surface area (Å²) in [5, 5.41) is 6.85. The van der Waals surface area contributed by atoms with Crippen molar-refractivity contribution in [3.05, 3.63) is 45.3 Å². The number of hydrogen-bond donors (Lipinski definition) is 2. The summed E-state index contributed by atoms with van der Waals surface area (Å²) in [6, 6.07) is 7.12. The van der Waals surface area contributed by atoms with Crippen molar-refractivity contribution in [3.63, 3.8) is 0 Å². The lowest BCUT2D eigenvalue weighted by Crippen LogP contribution is -2.17. The summed E-state index contributed by atoms with van der Waals surface area (Å²) in [6.07, 6.45) is 3.27. The quantitative estimate of drug-likeness (QED) is 0.855. The summed E-state index contributed by atoms with van der Waals surface area (Å²) in [5.41, 5.74) is 2.22. The number of aryl methyl sites for hydroxylation is 1. The van der Waals surface area contributed by atoms with Gasteiger partial charge < -0.3 is 10.6 Å². The molecule has 1 aromatic heterocycles. The average molecular weight is 349 g/mol. The summed E-state index contributed by atoms with van der Waals surface area (Å²) in [5.74, 6) is -0.305. The lowest BCUT2D eigenvalue weighted by atomic mass is 10.1. The number of thiophene rings is 1. The monoisotopic (exact) mass is 348 g/mol. The van der Waals surface area contributed by atoms with Crippen LogP contribution in [0.25, 0.3) is 0 Å². The molecule has 2 N–H and O–H groups in total. The first-order chi connectivity index (χ1) is 11.1. The van der Waals surface area contributed by atoms with Gasteiger partial charge in [0.2, 0.25) is 5.91 Å². The molecule has 4 nitrogen and oxygen atoms in total. The molecule has 1 aliphatic carbocycles. The van der Waals surface area contributed by atoms with Crippen LogP contribution in [0.1, 0.15) is 40.6 Å². The van der Waals surface area contributed by atoms with Gasteiger partial charge in [0.25, 0.3) is 5.91 Å². The molecule has 0 unspecified atom stereocenters. The van der Waals surface area contributed by atoms with Gasteiger partial charge in [-0.15, -0.1) is 11.3 Å². The number of carbonyl (C=O) groups excluding carboxylic acids is 2. The maximum Gasteiger partial charge on any atom is 0.258 e. The minimum Gasteiger partial charge on any atom is -0.321 e. The summed E-state index contributed by atoms with van der Waals surface area (Å²) in [7, 11) is 0. The van der Waals surface area contributed by atoms with Crippen molar-refractivity contribution in [1.29, 1.82) is 0 Å². The molecule has 2 amide bonds. The average Bonchev–Trinajstić information content (AvgIpc) is 3.09. The van der Waals surface area contributed by atoms with Gasteiger partial charge in [-0.25, -0.2) is 0 Å². The fourth-order valence-corrected chi connectivity index (χ4v) is 4.18. The minimum atomic E-state index is -0.219. The summed E-state index contributed by atoms with van der Waals surface area (Å²) in [4.78, 5) is 25.7. The highest BCUT2D eigenvalue weighted by Crippen LogP contribution is 2.39. The van der Waals surface area contributed by atoms with Crippen molar-refractivity contribution >= 4 is 45.4 Å². The maximum atomic E-state index is 12.8. The number of rotatable bonds is 4. The highest BCUT2D eigenvalue weighted by Gasteiger charge is 2.27. The van der Waals surface area contributed by atoms with E-state index in [1.807, 2.05) is 12.1 Å². The van der Waals surface area contributed by atoms with Crippen LogP contribution in [-0.4, -0.2) is 11.8 Å². The van der Waals surface area contributed by atoms with E-state index in [2.05, 4.69) is 10.6 Å². The highest BCUT2D eigenvalue weighted by atomic mass is 35.5. The molecular formula is C17H17ClN2O2S. The molecule has 3 rings (SSSR count). The fourth-order valence-electron chi connectivity index (χ4n) is 2.69. The van der Waals surface area contributed by atoms with Crippen LogP contribution in [0.15, 0.2) is 24.3 Å². The van der Waals surface area contributed by atoms with Gasteiger partial charge in [-0.05, 0) is 37.0 Å². The molecule has 0 aliphatic heterocycles. The Morgan fingerprint density at radius 1 is 1.22 bits per heavy atom. The Labute approximate surface area is 143 Å². The second kappa shape index (κ2) is 6.72. The van der Waals surface area contributed by atoms with E-state index in [1.165, 1.54) is 16.2 Å². The molecule has 1 aliphatic rings. The minimum absolute atomic E-state index is 0.0864. The number of benzene rings is 1. The van der Waals surface area contributed by atoms with E-state index in [4.69, 9.17) is 11.6 Å². The van der Waals surface area contributed by atoms with Crippen molar-refractivity contribution in [3.8, 4) is 0 Å². The van der Waals surface area contributed by atoms with Crippen molar-refractivity contribution in [1.82, 2.24) is 0 Å². The van der Waals surface area contributed by atoms with E-state index >= 15 is 0 Å². The zero-order valence-electron chi connectivity index (χ0n) is 12.7. The van der Waals surface area contributed by atoms with Crippen LogP contribution in [0.5, 0.6) is 0 Å². The van der Waals surface area contributed by atoms with Crippen LogP contribution in [0.4, 0.5) is 10.7 Å². The van der Waals surface area contributed by atoms with E-state index < -0.39 is 0 Å². The zero-order valence-corrected chi connectivity index (χ0v) is 14.3. The van der Waals surface area contributed by atoms with E-state index in [-0.39, 0.29) is 11.8 Å². The van der Waals surface area contributed by atoms with Gasteiger partial charge in [0.05, 0.1) is 16.3 Å². The van der Waals surface area contributed by atoms with Crippen molar-refractivity contribution in [2.24, 2.45) is 0 Å². The van der Waals surface area contributed by atoms with Crippen LogP contribution in [0, 0.1) is 0 Å². The molecule has 0 bridgehead atoms. The Morgan fingerprint density at radius 2 is 2.00 bits per heavy atom. The van der Waals surface area contributed by atoms with Crippen LogP contribution >= 0.6 is 22.9 Å². The lowest BCUT2D eigenvalue weighted by Gasteiger charge is -2.10. The molecule has 2 aromatic rings. The Kier molecular flexibility index (Phi) is 4.68. The molecule has 6 heteroatoms. The molecule has 0 atom stereocenters. The van der Waals surface area contributed by atoms with E-state index in [1.54, 1.807) is 19.1 Å². The summed E-state index contributed by atoms with van der Waals surface area (Å²) < 4.78 is 0. The van der Waals surface area contributed by atoms with Crippen molar-refractivity contribution in [2.75, 3.05) is 10.6 Å². The molecule has 1 aromatic carbocycles. The van der Waals surface area contributed by atoms with Crippen molar-refractivity contribution in [2.45, 2.75) is 32.6 Å². The summed E-state index contributed by atoms with van der Waals surface area (Å²) in [6.45, 7) is 1.79. The Bertz CT molecular complexity index is 770. The van der Waals surface area contributed by atoms with Gasteiger partial charge in [0.15, 0.2) is 0 Å². The molecule has 1 heterocycles. The topological polar surface area (TPSA) is 58.2 Å². The van der Waals surface area contributed by atoms with Gasteiger partial charge in [-0.2, -0.15) is 0 Å². The zero-order chi connectivity index (χ0) is 16.4. The second-order valence-electron chi connectivity index (χ2n) is 5.40. The molecule has 0 radical (unpaired) electrons. The van der Waals surface area contributed by atoms with Gasteiger partial charge in [-0.3, -0.25) is 9.59 Å². The van der Waals surface area contributed by atoms with Crippen molar-refractivity contribution < 1.29 is 9.59 Å². The lowest BCUT2D eigenvalue weighted by molar-refractivity contribution is -0.115. The Balaban J connectivity index is 1.93. The maximum absolute atomic E-state index is 12.8. The second-order valence-corrected chi connectivity index (χ2v) is 6.91. The van der Waals surface area contributed by atoms with E-state index in [9.17, 15) is 9.59 Å². The van der Waals surface area contributed by atoms with Gasteiger partial charge in [0.1, 0.15) is 5.00 Å². The Hall–Kier alpha value is -1.85. The fraction of sp³-hybridized carbons (Fsp3) is 0.294. The summed E-state index contributed by atoms with van der Waals surface area (Å²) >= 11 is 7.62. The van der Waals surface area contributed by atoms with Gasteiger partial charge in [-0.1, -0.05) is 30.7 Å². The van der Waals surface area contributed by atoms with Gasteiger partial charge in [0, 0.05) is 11.3 Å². The predicted molar refractivity (Wildman–Crippen MR) is 94.7 cm³/mol. The first kappa shape index (κ1) is 16.0. The number of anilines is 2. The third-order valence-corrected chi connectivity index (χ3v) is 5.38. The van der Waals surface area contributed by atoms with Crippen LogP contribution < -0.4 is 10.6 Å². The molecule has 0 saturated carbocycles. The van der Waals surface area contributed by atoms with E-state index in [0.29, 0.717) is 27.7 Å². The van der Waals surface area contributed by atoms with E-state index in [0.717, 1.165) is 24.8 Å². The number of amides is 2. The van der Waals surface area contributed by atoms with Crippen LogP contribution in [-0.2, 0) is 17.6 Å². The largest absolute Gasteiger partial charge is 0.321 e. The first-order valence-electron chi connectivity index (χ1n) is 7.60. The molecular weight excluding hydrogens is 332 g/mol. The standard InChI is InChI=1S/C17H17ClN2O2S/c1-2-14(21)20-17-15(10-6-5-9-13(10)23-17)16(22)19-12-8-4-3-7-11(12)18/h3-4,7-8H,2,5-6,9H2,1H3,(H,19,22)(H,20,21). The third-order valence-electron chi connectivity index (χ3n) is 3.84. The molecule has 0 fully saturated rings.